The number of aliphatic hydroxyl groups excluding tert-OH is 3. The second-order valence-electron chi connectivity index (χ2n) is 2.11. The molecule has 0 spiro atoms. The van der Waals surface area contributed by atoms with Crippen molar-refractivity contribution >= 4 is 0 Å². The Morgan fingerprint density at radius 1 is 1.22 bits per heavy atom. The maximum atomic E-state index is 8.86. The standard InChI is InChI=1S/C5H10O4/c6-3-1-2-9-5(8)4(3)7/h3-8H,1-2H2/t3-,4+,5?/m1/s1. The van der Waals surface area contributed by atoms with Gasteiger partial charge in [-0.25, -0.2) is 0 Å². The van der Waals surface area contributed by atoms with Gasteiger partial charge in [-0.15, -0.1) is 0 Å². The molecule has 0 aromatic carbocycles. The summed E-state index contributed by atoms with van der Waals surface area (Å²) in [7, 11) is 0. The van der Waals surface area contributed by atoms with E-state index in [1.54, 1.807) is 0 Å². The predicted octanol–water partition coefficient (Wildman–Crippen LogP) is -1.55. The quantitative estimate of drug-likeness (QED) is 0.375. The second kappa shape index (κ2) is 2.62. The average Bonchev–Trinajstić information content (AvgIpc) is 1.83. The third-order valence-corrected chi connectivity index (χ3v) is 1.39. The Bertz CT molecular complexity index is 85.0. The van der Waals surface area contributed by atoms with Gasteiger partial charge in [-0.3, -0.25) is 0 Å². The zero-order chi connectivity index (χ0) is 6.85. The number of aliphatic hydroxyl groups is 3. The molecule has 0 aromatic heterocycles. The first kappa shape index (κ1) is 6.95. The lowest BCUT2D eigenvalue weighted by molar-refractivity contribution is -0.219. The summed E-state index contributed by atoms with van der Waals surface area (Å²) in [6, 6.07) is 0. The predicted molar refractivity (Wildman–Crippen MR) is 28.6 cm³/mol. The summed E-state index contributed by atoms with van der Waals surface area (Å²) in [5.74, 6) is 0. The third-order valence-electron chi connectivity index (χ3n) is 1.39. The van der Waals surface area contributed by atoms with Gasteiger partial charge in [-0.1, -0.05) is 0 Å². The van der Waals surface area contributed by atoms with E-state index in [4.69, 9.17) is 15.3 Å². The molecule has 4 nitrogen and oxygen atoms in total. The molecule has 0 amide bonds. The molecular formula is C5H10O4. The minimum Gasteiger partial charge on any atom is -0.390 e. The molecule has 1 heterocycles. The van der Waals surface area contributed by atoms with Crippen molar-refractivity contribution in [1.29, 1.82) is 0 Å². The third kappa shape index (κ3) is 1.40. The lowest BCUT2D eigenvalue weighted by Crippen LogP contribution is -2.44. The Morgan fingerprint density at radius 3 is 2.33 bits per heavy atom. The van der Waals surface area contributed by atoms with Crippen LogP contribution in [0.2, 0.25) is 0 Å². The fourth-order valence-electron chi connectivity index (χ4n) is 0.769. The van der Waals surface area contributed by atoms with Crippen molar-refractivity contribution in [2.45, 2.75) is 24.9 Å². The molecule has 1 rings (SSSR count). The van der Waals surface area contributed by atoms with Gasteiger partial charge in [-0.2, -0.15) is 0 Å². The summed E-state index contributed by atoms with van der Waals surface area (Å²) < 4.78 is 4.61. The minimum absolute atomic E-state index is 0.305. The molecule has 0 aliphatic carbocycles. The zero-order valence-electron chi connectivity index (χ0n) is 4.90. The van der Waals surface area contributed by atoms with Gasteiger partial charge >= 0.3 is 0 Å². The van der Waals surface area contributed by atoms with Crippen LogP contribution in [-0.2, 0) is 4.74 Å². The fraction of sp³-hybridized carbons (Fsp3) is 1.00. The Labute approximate surface area is 52.7 Å². The molecular weight excluding hydrogens is 124 g/mol. The molecule has 1 saturated heterocycles. The van der Waals surface area contributed by atoms with E-state index in [1.165, 1.54) is 0 Å². The van der Waals surface area contributed by atoms with E-state index in [0.29, 0.717) is 13.0 Å². The van der Waals surface area contributed by atoms with E-state index in [9.17, 15) is 0 Å². The summed E-state index contributed by atoms with van der Waals surface area (Å²) in [5.41, 5.74) is 0. The first-order valence-corrected chi connectivity index (χ1v) is 2.87. The van der Waals surface area contributed by atoms with Crippen LogP contribution >= 0.6 is 0 Å². The number of hydrogen-bond donors (Lipinski definition) is 3. The van der Waals surface area contributed by atoms with Gasteiger partial charge in [-0.05, 0) is 6.42 Å². The number of hydrogen-bond acceptors (Lipinski definition) is 4. The van der Waals surface area contributed by atoms with Crippen molar-refractivity contribution in [2.75, 3.05) is 6.61 Å². The molecule has 54 valence electrons. The average molecular weight is 134 g/mol. The van der Waals surface area contributed by atoms with Gasteiger partial charge in [0.2, 0.25) is 0 Å². The van der Waals surface area contributed by atoms with Crippen molar-refractivity contribution < 1.29 is 20.1 Å². The normalized spacial score (nSPS) is 45.0. The maximum absolute atomic E-state index is 8.86. The first-order chi connectivity index (χ1) is 4.22. The van der Waals surface area contributed by atoms with E-state index in [1.807, 2.05) is 0 Å². The van der Waals surface area contributed by atoms with Crippen LogP contribution in [0.15, 0.2) is 0 Å². The monoisotopic (exact) mass is 134 g/mol. The topological polar surface area (TPSA) is 69.9 Å². The van der Waals surface area contributed by atoms with E-state index in [0.717, 1.165) is 0 Å². The Morgan fingerprint density at radius 2 is 1.89 bits per heavy atom. The van der Waals surface area contributed by atoms with Crippen LogP contribution < -0.4 is 0 Å². The van der Waals surface area contributed by atoms with Crippen molar-refractivity contribution in [3.8, 4) is 0 Å². The number of ether oxygens (including phenoxy) is 1. The Kier molecular flexibility index (Phi) is 2.02. The van der Waals surface area contributed by atoms with Crippen molar-refractivity contribution in [2.24, 2.45) is 0 Å². The van der Waals surface area contributed by atoms with Gasteiger partial charge in [0, 0.05) is 0 Å². The van der Waals surface area contributed by atoms with Crippen LogP contribution in [0.1, 0.15) is 6.42 Å². The molecule has 1 aliphatic heterocycles. The molecule has 0 bridgehead atoms. The molecule has 1 fully saturated rings. The van der Waals surface area contributed by atoms with Crippen molar-refractivity contribution in [3.63, 3.8) is 0 Å². The highest BCUT2D eigenvalue weighted by molar-refractivity contribution is 4.73. The lowest BCUT2D eigenvalue weighted by atomic mass is 10.1. The van der Waals surface area contributed by atoms with Gasteiger partial charge in [0.05, 0.1) is 12.7 Å². The number of rotatable bonds is 0. The largest absolute Gasteiger partial charge is 0.390 e. The molecule has 4 heteroatoms. The molecule has 9 heavy (non-hydrogen) atoms. The van der Waals surface area contributed by atoms with Crippen LogP contribution in [0.3, 0.4) is 0 Å². The van der Waals surface area contributed by atoms with Crippen LogP contribution in [0.4, 0.5) is 0 Å². The van der Waals surface area contributed by atoms with E-state index >= 15 is 0 Å². The molecule has 1 aliphatic rings. The van der Waals surface area contributed by atoms with E-state index < -0.39 is 18.5 Å². The first-order valence-electron chi connectivity index (χ1n) is 2.87. The summed E-state index contributed by atoms with van der Waals surface area (Å²) >= 11 is 0. The van der Waals surface area contributed by atoms with Gasteiger partial charge < -0.3 is 20.1 Å². The van der Waals surface area contributed by atoms with Crippen molar-refractivity contribution in [1.82, 2.24) is 0 Å². The van der Waals surface area contributed by atoms with E-state index in [2.05, 4.69) is 4.74 Å². The minimum atomic E-state index is -1.21. The molecule has 3 atom stereocenters. The highest BCUT2D eigenvalue weighted by Gasteiger charge is 2.29. The molecule has 1 unspecified atom stereocenters. The Hall–Kier alpha value is -0.160. The molecule has 0 saturated carbocycles. The van der Waals surface area contributed by atoms with Crippen LogP contribution in [0.5, 0.6) is 0 Å². The van der Waals surface area contributed by atoms with Crippen molar-refractivity contribution in [3.05, 3.63) is 0 Å². The molecule has 3 N–H and O–H groups in total. The fourth-order valence-corrected chi connectivity index (χ4v) is 0.769. The maximum Gasteiger partial charge on any atom is 0.183 e. The van der Waals surface area contributed by atoms with Crippen LogP contribution in [0, 0.1) is 0 Å². The van der Waals surface area contributed by atoms with Gasteiger partial charge in [0.15, 0.2) is 6.29 Å². The highest BCUT2D eigenvalue weighted by Crippen LogP contribution is 2.11. The zero-order valence-corrected chi connectivity index (χ0v) is 4.90. The van der Waals surface area contributed by atoms with Gasteiger partial charge in [0.1, 0.15) is 6.10 Å². The SMILES string of the molecule is OC1OCC[C@@H](O)[C@@H]1O. The van der Waals surface area contributed by atoms with Gasteiger partial charge in [0.25, 0.3) is 0 Å². The van der Waals surface area contributed by atoms with Crippen LogP contribution in [0.25, 0.3) is 0 Å². The Balaban J connectivity index is 2.41. The molecule has 0 radical (unpaired) electrons. The lowest BCUT2D eigenvalue weighted by Gasteiger charge is -2.27. The van der Waals surface area contributed by atoms with Crippen LogP contribution in [-0.4, -0.2) is 40.4 Å². The second-order valence-corrected chi connectivity index (χ2v) is 2.11. The summed E-state index contributed by atoms with van der Waals surface area (Å²) in [5, 5.41) is 26.4. The summed E-state index contributed by atoms with van der Waals surface area (Å²) in [6.07, 6.45) is -2.81. The molecule has 0 aromatic rings. The summed E-state index contributed by atoms with van der Waals surface area (Å²) in [6.45, 7) is 0.305. The highest BCUT2D eigenvalue weighted by atomic mass is 16.6. The smallest absolute Gasteiger partial charge is 0.183 e. The summed E-state index contributed by atoms with van der Waals surface area (Å²) in [4.78, 5) is 0. The van der Waals surface area contributed by atoms with E-state index in [-0.39, 0.29) is 0 Å².